The number of carbonyl (C=O) groups is 5. The smallest absolute Gasteiger partial charge is 0.488 e. The van der Waals surface area contributed by atoms with Crippen molar-refractivity contribution in [3.63, 3.8) is 0 Å². The molecule has 13 nitrogen and oxygen atoms in total. The van der Waals surface area contributed by atoms with Gasteiger partial charge in [-0.1, -0.05) is 30.3 Å². The molecular formula is C31H34N2O11. The summed E-state index contributed by atoms with van der Waals surface area (Å²) in [4.78, 5) is 67.9. The topological polar surface area (TPSA) is 147 Å². The maximum absolute atomic E-state index is 13.6. The largest absolute Gasteiger partial charge is 0.508 e. The molecule has 0 saturated carbocycles. The highest BCUT2D eigenvalue weighted by atomic mass is 16.7. The van der Waals surface area contributed by atoms with E-state index in [0.29, 0.717) is 12.0 Å². The minimum Gasteiger partial charge on any atom is -0.488 e. The van der Waals surface area contributed by atoms with E-state index in [1.165, 1.54) is 31.1 Å². The van der Waals surface area contributed by atoms with Crippen molar-refractivity contribution in [3.8, 4) is 5.75 Å². The van der Waals surface area contributed by atoms with Gasteiger partial charge in [-0.2, -0.15) is 0 Å². The summed E-state index contributed by atoms with van der Waals surface area (Å²) in [5.74, 6) is -1.34. The van der Waals surface area contributed by atoms with Crippen LogP contribution in [0.2, 0.25) is 0 Å². The number of hydrogen-bond acceptors (Lipinski definition) is 12. The number of rotatable bonds is 8. The number of fused-ring (bicyclic) bond motifs is 5. The van der Waals surface area contributed by atoms with Gasteiger partial charge in [0.05, 0.1) is 25.8 Å². The van der Waals surface area contributed by atoms with E-state index in [2.05, 4.69) is 4.74 Å². The molecule has 0 radical (unpaired) electrons. The van der Waals surface area contributed by atoms with E-state index in [0.717, 1.165) is 12.7 Å². The van der Waals surface area contributed by atoms with Crippen LogP contribution in [0.25, 0.3) is 0 Å². The normalized spacial score (nSPS) is 24.3. The average molecular weight is 611 g/mol. The molecular weight excluding hydrogens is 576 g/mol. The molecule has 3 aliphatic rings. The molecule has 2 saturated heterocycles. The maximum Gasteiger partial charge on any atom is 0.508 e. The third-order valence-corrected chi connectivity index (χ3v) is 7.91. The van der Waals surface area contributed by atoms with Crippen molar-refractivity contribution < 1.29 is 52.4 Å². The lowest BCUT2D eigenvalue weighted by Crippen LogP contribution is -2.66. The van der Waals surface area contributed by atoms with Gasteiger partial charge in [-0.05, 0) is 38.5 Å². The minimum absolute atomic E-state index is 0.0430. The van der Waals surface area contributed by atoms with Crippen molar-refractivity contribution in [2.75, 3.05) is 32.3 Å². The predicted molar refractivity (Wildman–Crippen MR) is 152 cm³/mol. The van der Waals surface area contributed by atoms with Gasteiger partial charge >= 0.3 is 24.2 Å². The minimum atomic E-state index is -1.95. The predicted octanol–water partition coefficient (Wildman–Crippen LogP) is 3.35. The van der Waals surface area contributed by atoms with E-state index in [1.54, 1.807) is 25.7 Å². The fourth-order valence-electron chi connectivity index (χ4n) is 6.28. The number of methoxy groups -OCH3 is 2. The first kappa shape index (κ1) is 30.6. The number of esters is 2. The number of aldehydes is 1. The molecule has 1 amide bonds. The van der Waals surface area contributed by atoms with Crippen molar-refractivity contribution in [1.82, 2.24) is 4.90 Å². The van der Waals surface area contributed by atoms with Crippen LogP contribution in [-0.4, -0.2) is 86.2 Å². The monoisotopic (exact) mass is 610 g/mol. The SMILES string of the molecule is COC(=O)OC[C@@]1(C=O)c2c(OCc3ccccc3)cc(C(=O)OC)cc2N2C[C@H]3[C@H](N3C(=O)OC(C)(C)C)C21OC(C)=O. The quantitative estimate of drug-likeness (QED) is 0.187. The molecule has 2 aromatic carbocycles. The van der Waals surface area contributed by atoms with E-state index in [-0.39, 0.29) is 30.0 Å². The number of nitrogens with zero attached hydrogens (tertiary/aromatic N) is 2. The lowest BCUT2D eigenvalue weighted by atomic mass is 9.73. The summed E-state index contributed by atoms with van der Waals surface area (Å²) in [6, 6.07) is 10.7. The van der Waals surface area contributed by atoms with Gasteiger partial charge in [0.1, 0.15) is 36.9 Å². The van der Waals surface area contributed by atoms with E-state index >= 15 is 0 Å². The van der Waals surface area contributed by atoms with E-state index in [1.807, 2.05) is 30.3 Å². The molecule has 44 heavy (non-hydrogen) atoms. The summed E-state index contributed by atoms with van der Waals surface area (Å²) in [7, 11) is 2.34. The average Bonchev–Trinajstić information content (AvgIpc) is 3.55. The van der Waals surface area contributed by atoms with Gasteiger partial charge in [-0.15, -0.1) is 0 Å². The number of amides is 1. The van der Waals surface area contributed by atoms with Crippen LogP contribution in [0.5, 0.6) is 5.75 Å². The first-order valence-electron chi connectivity index (χ1n) is 13.9. The highest BCUT2D eigenvalue weighted by Crippen LogP contribution is 2.65. The summed E-state index contributed by atoms with van der Waals surface area (Å²) in [6.45, 7) is 5.82. The second kappa shape index (κ2) is 11.0. The number of benzene rings is 2. The molecule has 13 heteroatoms. The van der Waals surface area contributed by atoms with Crippen LogP contribution in [0.4, 0.5) is 15.3 Å². The van der Waals surface area contributed by atoms with Gasteiger partial charge in [0.2, 0.25) is 5.72 Å². The highest BCUT2D eigenvalue weighted by molar-refractivity contribution is 5.96. The standard InChI is InChI=1S/C31H34N2O11/c1-18(35)43-31-25-22(33(25)27(37)44-29(2,3)4)14-32(31)21-12-20(26(36)39-5)13-23(41-15-19-10-8-7-9-11-19)24(21)30(31,16-34)17-42-28(38)40-6/h7-13,16,22,25H,14-15,17H2,1-6H3/t22-,25-,30-,31?,33?/m0/s1. The van der Waals surface area contributed by atoms with Crippen LogP contribution in [0, 0.1) is 0 Å². The van der Waals surface area contributed by atoms with Gasteiger partial charge in [0.15, 0.2) is 5.41 Å². The number of ether oxygens (including phenoxy) is 6. The lowest BCUT2D eigenvalue weighted by Gasteiger charge is -2.44. The zero-order valence-electron chi connectivity index (χ0n) is 25.3. The van der Waals surface area contributed by atoms with Gasteiger partial charge in [0, 0.05) is 24.7 Å². The number of anilines is 1. The molecule has 3 aliphatic heterocycles. The molecule has 234 valence electrons. The zero-order valence-corrected chi connectivity index (χ0v) is 25.3. The first-order chi connectivity index (χ1) is 20.8. The molecule has 3 heterocycles. The Bertz CT molecular complexity index is 1500. The van der Waals surface area contributed by atoms with Crippen LogP contribution in [0.1, 0.15) is 49.2 Å². The number of hydrogen-bond donors (Lipinski definition) is 0. The highest BCUT2D eigenvalue weighted by Gasteiger charge is 2.83. The van der Waals surface area contributed by atoms with Crippen LogP contribution in [-0.2, 0) is 45.3 Å². The summed E-state index contributed by atoms with van der Waals surface area (Å²) >= 11 is 0. The molecule has 5 rings (SSSR count). The van der Waals surface area contributed by atoms with Gasteiger partial charge in [0.25, 0.3) is 0 Å². The number of carbonyl (C=O) groups excluding carboxylic acids is 5. The van der Waals surface area contributed by atoms with Gasteiger partial charge < -0.3 is 38.1 Å². The summed E-state index contributed by atoms with van der Waals surface area (Å²) in [5.41, 5.74) is -3.27. The Hall–Kier alpha value is -4.81. The van der Waals surface area contributed by atoms with Gasteiger partial charge in [-0.25, -0.2) is 14.4 Å². The molecule has 0 aromatic heterocycles. The lowest BCUT2D eigenvalue weighted by molar-refractivity contribution is -0.169. The fraction of sp³-hybridized carbons (Fsp3) is 0.452. The second-order valence-corrected chi connectivity index (χ2v) is 11.8. The fourth-order valence-corrected chi connectivity index (χ4v) is 6.28. The Morgan fingerprint density at radius 3 is 2.34 bits per heavy atom. The molecule has 4 atom stereocenters. The van der Waals surface area contributed by atoms with E-state index in [9.17, 15) is 24.0 Å². The zero-order chi connectivity index (χ0) is 32.0. The molecule has 2 fully saturated rings. The van der Waals surface area contributed by atoms with Crippen molar-refractivity contribution in [2.45, 2.75) is 63.1 Å². The Morgan fingerprint density at radius 1 is 1.05 bits per heavy atom. The molecule has 0 spiro atoms. The van der Waals surface area contributed by atoms with Crippen molar-refractivity contribution in [1.29, 1.82) is 0 Å². The van der Waals surface area contributed by atoms with Crippen molar-refractivity contribution in [2.24, 2.45) is 0 Å². The molecule has 0 bridgehead atoms. The Morgan fingerprint density at radius 2 is 1.75 bits per heavy atom. The summed E-state index contributed by atoms with van der Waals surface area (Å²) in [6.07, 6.45) is -1.23. The third-order valence-electron chi connectivity index (χ3n) is 7.91. The molecule has 1 unspecified atom stereocenters. The summed E-state index contributed by atoms with van der Waals surface area (Å²) < 4.78 is 33.0. The Labute approximate surface area is 253 Å². The van der Waals surface area contributed by atoms with Crippen LogP contribution >= 0.6 is 0 Å². The van der Waals surface area contributed by atoms with Crippen LogP contribution in [0.3, 0.4) is 0 Å². The van der Waals surface area contributed by atoms with E-state index in [4.69, 9.17) is 23.7 Å². The van der Waals surface area contributed by atoms with Gasteiger partial charge in [-0.3, -0.25) is 9.69 Å². The summed E-state index contributed by atoms with van der Waals surface area (Å²) in [5, 5.41) is 0. The van der Waals surface area contributed by atoms with Crippen LogP contribution in [0.15, 0.2) is 42.5 Å². The molecule has 0 aliphatic carbocycles. The maximum atomic E-state index is 13.6. The van der Waals surface area contributed by atoms with Crippen molar-refractivity contribution in [3.05, 3.63) is 59.2 Å². The van der Waals surface area contributed by atoms with Crippen LogP contribution < -0.4 is 9.64 Å². The first-order valence-corrected chi connectivity index (χ1v) is 13.9. The Balaban J connectivity index is 1.72. The molecule has 2 aromatic rings. The van der Waals surface area contributed by atoms with Crippen molar-refractivity contribution >= 4 is 36.2 Å². The molecule has 0 N–H and O–H groups in total. The number of piperazine rings is 1. The third kappa shape index (κ3) is 4.85. The van der Waals surface area contributed by atoms with E-state index < -0.39 is 59.6 Å². The second-order valence-electron chi connectivity index (χ2n) is 11.8. The Kier molecular flexibility index (Phi) is 7.68.